The summed E-state index contributed by atoms with van der Waals surface area (Å²) in [5.41, 5.74) is -5.11. The largest absolute Gasteiger partial charge is 0.507 e. The van der Waals surface area contributed by atoms with Crippen LogP contribution in [0.15, 0.2) is 54.8 Å². The molecule has 1 saturated heterocycles. The fourth-order valence-electron chi connectivity index (χ4n) is 6.08. The Morgan fingerprint density at radius 3 is 2.06 bits per heavy atom. The number of phenols is 6. The summed E-state index contributed by atoms with van der Waals surface area (Å²) in [6, 6.07) is 6.05. The fourth-order valence-corrected chi connectivity index (χ4v) is 6.08. The van der Waals surface area contributed by atoms with Gasteiger partial charge in [-0.3, -0.25) is 9.59 Å². The lowest BCUT2D eigenvalue weighted by atomic mass is 9.96. The first kappa shape index (κ1) is 32.6. The van der Waals surface area contributed by atoms with Gasteiger partial charge in [-0.1, -0.05) is 0 Å². The van der Waals surface area contributed by atoms with Gasteiger partial charge in [0.15, 0.2) is 28.2 Å². The van der Waals surface area contributed by atoms with Gasteiger partial charge in [-0.25, -0.2) is 0 Å². The van der Waals surface area contributed by atoms with Crippen LogP contribution in [0, 0.1) is 0 Å². The first-order valence-corrected chi connectivity index (χ1v) is 14.6. The molecule has 0 amide bonds. The van der Waals surface area contributed by atoms with E-state index < -0.39 is 132 Å². The number of aliphatic hydroxyl groups excluding tert-OH is 4. The quantitative estimate of drug-likeness (QED) is 0.0898. The normalized spacial score (nSPS) is 20.9. The minimum Gasteiger partial charge on any atom is -0.507 e. The highest BCUT2D eigenvalue weighted by Crippen LogP contribution is 2.49. The maximum Gasteiger partial charge on any atom is 0.229 e. The van der Waals surface area contributed by atoms with Crippen molar-refractivity contribution in [1.29, 1.82) is 0 Å². The van der Waals surface area contributed by atoms with E-state index in [9.17, 15) is 60.7 Å². The van der Waals surface area contributed by atoms with Crippen LogP contribution in [0.5, 0.6) is 46.0 Å². The minimum atomic E-state index is -1.89. The van der Waals surface area contributed by atoms with Crippen molar-refractivity contribution in [2.24, 2.45) is 0 Å². The molecular formula is C33H26O17. The van der Waals surface area contributed by atoms with Crippen LogP contribution in [-0.4, -0.2) is 95.5 Å². The molecule has 6 aromatic rings. The molecule has 7 rings (SSSR count). The molecule has 50 heavy (non-hydrogen) atoms. The molecule has 0 bridgehead atoms. The molecule has 5 atom stereocenters. The van der Waals surface area contributed by atoms with Gasteiger partial charge in [-0.05, 0) is 18.2 Å². The Hall–Kier alpha value is -5.98. The maximum atomic E-state index is 14.1. The lowest BCUT2D eigenvalue weighted by molar-refractivity contribution is -0.277. The Kier molecular flexibility index (Phi) is 7.54. The summed E-state index contributed by atoms with van der Waals surface area (Å²) in [5, 5.41) is 104. The Morgan fingerprint density at radius 1 is 0.680 bits per heavy atom. The highest BCUT2D eigenvalue weighted by Gasteiger charge is 2.45. The third-order valence-electron chi connectivity index (χ3n) is 8.55. The van der Waals surface area contributed by atoms with Gasteiger partial charge in [0.2, 0.25) is 17.1 Å². The van der Waals surface area contributed by atoms with Gasteiger partial charge >= 0.3 is 0 Å². The molecule has 17 nitrogen and oxygen atoms in total. The molecule has 260 valence electrons. The molecule has 0 aliphatic carbocycles. The molecule has 1 aliphatic rings. The number of rotatable bonds is 5. The number of fused-ring (bicyclic) bond motifs is 4. The van der Waals surface area contributed by atoms with Crippen molar-refractivity contribution in [3.8, 4) is 57.1 Å². The number of aliphatic hydroxyl groups is 4. The Balaban J connectivity index is 1.48. The second-order valence-electron chi connectivity index (χ2n) is 11.5. The number of methoxy groups -OCH3 is 1. The van der Waals surface area contributed by atoms with Crippen LogP contribution >= 0.6 is 0 Å². The van der Waals surface area contributed by atoms with Crippen molar-refractivity contribution >= 4 is 43.9 Å². The molecule has 3 heterocycles. The average molecular weight is 695 g/mol. The topological polar surface area (TPSA) is 290 Å². The molecule has 0 radical (unpaired) electrons. The van der Waals surface area contributed by atoms with E-state index in [2.05, 4.69) is 0 Å². The predicted octanol–water partition coefficient (Wildman–Crippen LogP) is 1.29. The maximum absolute atomic E-state index is 14.1. The SMILES string of the molecule is COc1cc(O)c2c(=O)c3c(O)c(-c4c(O)cc(O)c5c(=O)c6c(O[C@@H]7O[C@H](CO)[C@@H](O)[C@H](O)[C@H]7O)ccc(O)c6oc45)cc(O)c3oc2c1. The molecule has 1 aliphatic heterocycles. The molecule has 10 N–H and O–H groups in total. The van der Waals surface area contributed by atoms with E-state index in [1.54, 1.807) is 0 Å². The summed E-state index contributed by atoms with van der Waals surface area (Å²) < 4.78 is 27.6. The lowest BCUT2D eigenvalue weighted by Crippen LogP contribution is -2.60. The average Bonchev–Trinajstić information content (AvgIpc) is 3.07. The van der Waals surface area contributed by atoms with Crippen LogP contribution in [0.2, 0.25) is 0 Å². The van der Waals surface area contributed by atoms with Crippen LogP contribution in [0.3, 0.4) is 0 Å². The van der Waals surface area contributed by atoms with Crippen molar-refractivity contribution in [2.75, 3.05) is 13.7 Å². The molecule has 1 fully saturated rings. The third kappa shape index (κ3) is 4.67. The van der Waals surface area contributed by atoms with Crippen molar-refractivity contribution in [3.05, 3.63) is 56.8 Å². The van der Waals surface area contributed by atoms with E-state index in [1.807, 2.05) is 0 Å². The van der Waals surface area contributed by atoms with Crippen LogP contribution < -0.4 is 20.3 Å². The molecular weight excluding hydrogens is 668 g/mol. The standard InChI is InChI=1S/C33H26O17/c1-46-9-4-12(36)20-17(5-9)47-31-15(39)6-10(24(40)23(31)26(20)42)19-13(37)7-14(38)21-27(43)22-16(3-2-11(35)30(22)50-32(19)21)48-33-29(45)28(44)25(41)18(8-34)49-33/h2-7,18,25,28-29,33-41,44-45H,8H2,1H3/t18-,25-,28+,29-,33-/m1/s1. The van der Waals surface area contributed by atoms with Gasteiger partial charge in [0.05, 0.1) is 19.3 Å². The van der Waals surface area contributed by atoms with E-state index >= 15 is 0 Å². The van der Waals surface area contributed by atoms with Gasteiger partial charge in [-0.15, -0.1) is 0 Å². The van der Waals surface area contributed by atoms with E-state index in [0.717, 1.165) is 24.3 Å². The number of ether oxygens (including phenoxy) is 3. The Bertz CT molecular complexity index is 2500. The van der Waals surface area contributed by atoms with E-state index in [0.29, 0.717) is 6.07 Å². The molecule has 0 spiro atoms. The second kappa shape index (κ2) is 11.6. The summed E-state index contributed by atoms with van der Waals surface area (Å²) in [6.07, 6.45) is -8.57. The molecule has 17 heteroatoms. The molecule has 0 saturated carbocycles. The highest BCUT2D eigenvalue weighted by molar-refractivity contribution is 6.09. The first-order valence-electron chi connectivity index (χ1n) is 14.6. The Morgan fingerprint density at radius 2 is 1.36 bits per heavy atom. The molecule has 0 unspecified atom stereocenters. The van der Waals surface area contributed by atoms with E-state index in [1.165, 1.54) is 13.2 Å². The molecule has 4 aromatic carbocycles. The smallest absolute Gasteiger partial charge is 0.229 e. The van der Waals surface area contributed by atoms with Crippen LogP contribution in [0.25, 0.3) is 55.0 Å². The molecule has 2 aromatic heterocycles. The Labute approximate surface area is 276 Å². The summed E-state index contributed by atoms with van der Waals surface area (Å²) in [6.45, 7) is -0.778. The minimum absolute atomic E-state index is 0.116. The van der Waals surface area contributed by atoms with E-state index in [-0.39, 0.29) is 16.7 Å². The zero-order valence-electron chi connectivity index (χ0n) is 25.4. The van der Waals surface area contributed by atoms with Crippen molar-refractivity contribution in [3.63, 3.8) is 0 Å². The van der Waals surface area contributed by atoms with Crippen molar-refractivity contribution in [1.82, 2.24) is 0 Å². The zero-order chi connectivity index (χ0) is 35.9. The van der Waals surface area contributed by atoms with E-state index in [4.69, 9.17) is 23.0 Å². The second-order valence-corrected chi connectivity index (χ2v) is 11.5. The van der Waals surface area contributed by atoms with Gasteiger partial charge in [0, 0.05) is 23.8 Å². The van der Waals surface area contributed by atoms with Crippen LogP contribution in [-0.2, 0) is 4.74 Å². The van der Waals surface area contributed by atoms with Gasteiger partial charge in [0.25, 0.3) is 0 Å². The predicted molar refractivity (Wildman–Crippen MR) is 170 cm³/mol. The summed E-state index contributed by atoms with van der Waals surface area (Å²) in [7, 11) is 1.30. The zero-order valence-corrected chi connectivity index (χ0v) is 25.4. The fraction of sp³-hybridized carbons (Fsp3) is 0.212. The van der Waals surface area contributed by atoms with Gasteiger partial charge in [-0.2, -0.15) is 0 Å². The summed E-state index contributed by atoms with van der Waals surface area (Å²) in [4.78, 5) is 27.7. The lowest BCUT2D eigenvalue weighted by Gasteiger charge is -2.39. The number of hydrogen-bond acceptors (Lipinski definition) is 17. The van der Waals surface area contributed by atoms with Gasteiger partial charge < -0.3 is 74.1 Å². The summed E-state index contributed by atoms with van der Waals surface area (Å²) >= 11 is 0. The number of benzene rings is 4. The van der Waals surface area contributed by atoms with Crippen LogP contribution in [0.1, 0.15) is 0 Å². The number of phenolic OH excluding ortho intramolecular Hbond substituents is 6. The third-order valence-corrected chi connectivity index (χ3v) is 8.55. The van der Waals surface area contributed by atoms with Gasteiger partial charge in [0.1, 0.15) is 86.0 Å². The summed E-state index contributed by atoms with van der Waals surface area (Å²) in [5.74, 6) is -4.87. The highest BCUT2D eigenvalue weighted by atomic mass is 16.7. The van der Waals surface area contributed by atoms with Crippen molar-refractivity contribution in [2.45, 2.75) is 30.7 Å². The monoisotopic (exact) mass is 694 g/mol. The van der Waals surface area contributed by atoms with Crippen LogP contribution in [0.4, 0.5) is 0 Å². The number of hydrogen-bond donors (Lipinski definition) is 10. The number of aromatic hydroxyl groups is 6. The van der Waals surface area contributed by atoms with Crippen molar-refractivity contribution < 1.29 is 74.1 Å². The first-order chi connectivity index (χ1) is 23.8.